The predicted octanol–water partition coefficient (Wildman–Crippen LogP) is 4.06. The summed E-state index contributed by atoms with van der Waals surface area (Å²) in [6.07, 6.45) is 0.884. The van der Waals surface area contributed by atoms with Crippen molar-refractivity contribution in [2.24, 2.45) is 11.8 Å². The lowest BCUT2D eigenvalue weighted by molar-refractivity contribution is 0.105. The molecule has 17 heavy (non-hydrogen) atoms. The van der Waals surface area contributed by atoms with Gasteiger partial charge in [-0.3, -0.25) is 0 Å². The second kappa shape index (κ2) is 6.36. The van der Waals surface area contributed by atoms with Crippen LogP contribution < -0.4 is 0 Å². The third kappa shape index (κ3) is 4.29. The number of rotatable bonds is 5. The summed E-state index contributed by atoms with van der Waals surface area (Å²) in [5, 5.41) is 10.2. The van der Waals surface area contributed by atoms with Crippen LogP contribution in [0.25, 0.3) is 0 Å². The predicted molar refractivity (Wildman–Crippen MR) is 69.7 cm³/mol. The first-order valence-electron chi connectivity index (χ1n) is 6.02. The Morgan fingerprint density at radius 1 is 1.29 bits per heavy atom. The van der Waals surface area contributed by atoms with Gasteiger partial charge in [-0.15, -0.1) is 0 Å². The van der Waals surface area contributed by atoms with E-state index in [1.54, 1.807) is 12.1 Å². The van der Waals surface area contributed by atoms with Crippen molar-refractivity contribution in [3.05, 3.63) is 34.6 Å². The standard InChI is InChI=1S/C14H20ClFO/c1-9(2)7-10(3)13(17)8-11-5-4-6-12(16)14(11)15/h4-6,9-10,13,17H,7-8H2,1-3H3. The van der Waals surface area contributed by atoms with Crippen LogP contribution in [0.1, 0.15) is 32.8 Å². The van der Waals surface area contributed by atoms with E-state index in [0.717, 1.165) is 6.42 Å². The van der Waals surface area contributed by atoms with E-state index >= 15 is 0 Å². The molecule has 2 atom stereocenters. The summed E-state index contributed by atoms with van der Waals surface area (Å²) in [6.45, 7) is 6.26. The maximum atomic E-state index is 13.2. The average Bonchev–Trinajstić information content (AvgIpc) is 2.23. The minimum atomic E-state index is -0.475. The fourth-order valence-corrected chi connectivity index (χ4v) is 2.24. The van der Waals surface area contributed by atoms with Gasteiger partial charge < -0.3 is 5.11 Å². The van der Waals surface area contributed by atoms with E-state index in [2.05, 4.69) is 13.8 Å². The van der Waals surface area contributed by atoms with Crippen LogP contribution in [-0.4, -0.2) is 11.2 Å². The van der Waals surface area contributed by atoms with Crippen LogP contribution in [0, 0.1) is 17.7 Å². The van der Waals surface area contributed by atoms with Crippen molar-refractivity contribution in [1.29, 1.82) is 0 Å². The molecule has 0 aliphatic heterocycles. The van der Waals surface area contributed by atoms with Crippen molar-refractivity contribution < 1.29 is 9.50 Å². The molecular weight excluding hydrogens is 239 g/mol. The molecule has 0 amide bonds. The highest BCUT2D eigenvalue weighted by atomic mass is 35.5. The zero-order valence-electron chi connectivity index (χ0n) is 10.6. The van der Waals surface area contributed by atoms with E-state index in [1.807, 2.05) is 6.92 Å². The first kappa shape index (κ1) is 14.5. The topological polar surface area (TPSA) is 20.2 Å². The van der Waals surface area contributed by atoms with E-state index in [1.165, 1.54) is 6.07 Å². The molecule has 0 aromatic heterocycles. The Balaban J connectivity index is 2.67. The Morgan fingerprint density at radius 2 is 1.94 bits per heavy atom. The number of benzene rings is 1. The van der Waals surface area contributed by atoms with Gasteiger partial charge in [-0.1, -0.05) is 44.5 Å². The third-order valence-electron chi connectivity index (χ3n) is 2.96. The van der Waals surface area contributed by atoms with Crippen LogP contribution in [-0.2, 0) is 6.42 Å². The SMILES string of the molecule is CC(C)CC(C)C(O)Cc1cccc(F)c1Cl. The first-order valence-corrected chi connectivity index (χ1v) is 6.40. The van der Waals surface area contributed by atoms with Gasteiger partial charge in [-0.25, -0.2) is 4.39 Å². The average molecular weight is 259 g/mol. The molecule has 0 saturated carbocycles. The van der Waals surface area contributed by atoms with Gasteiger partial charge in [0.25, 0.3) is 0 Å². The lowest BCUT2D eigenvalue weighted by Crippen LogP contribution is -2.22. The number of halogens is 2. The van der Waals surface area contributed by atoms with Crippen LogP contribution in [0.3, 0.4) is 0 Å². The van der Waals surface area contributed by atoms with E-state index in [4.69, 9.17) is 11.6 Å². The quantitative estimate of drug-likeness (QED) is 0.844. The number of aliphatic hydroxyl groups excluding tert-OH is 1. The van der Waals surface area contributed by atoms with Crippen molar-refractivity contribution >= 4 is 11.6 Å². The second-order valence-corrected chi connectivity index (χ2v) is 5.47. The molecule has 0 saturated heterocycles. The molecule has 1 aromatic carbocycles. The highest BCUT2D eigenvalue weighted by Crippen LogP contribution is 2.24. The molecule has 1 N–H and O–H groups in total. The summed E-state index contributed by atoms with van der Waals surface area (Å²) in [6, 6.07) is 4.71. The summed E-state index contributed by atoms with van der Waals surface area (Å²) in [7, 11) is 0. The molecule has 3 heteroatoms. The van der Waals surface area contributed by atoms with Crippen LogP contribution in [0.2, 0.25) is 5.02 Å². The first-order chi connectivity index (χ1) is 7.91. The Labute approximate surface area is 108 Å². The molecule has 2 unspecified atom stereocenters. The summed E-state index contributed by atoms with van der Waals surface area (Å²) in [5.74, 6) is 0.310. The van der Waals surface area contributed by atoms with Crippen molar-refractivity contribution in [3.63, 3.8) is 0 Å². The van der Waals surface area contributed by atoms with E-state index in [-0.39, 0.29) is 10.9 Å². The monoisotopic (exact) mass is 258 g/mol. The molecule has 0 aliphatic carbocycles. The Morgan fingerprint density at radius 3 is 2.53 bits per heavy atom. The zero-order chi connectivity index (χ0) is 13.0. The van der Waals surface area contributed by atoms with E-state index < -0.39 is 11.9 Å². The lowest BCUT2D eigenvalue weighted by atomic mass is 9.90. The van der Waals surface area contributed by atoms with Crippen molar-refractivity contribution in [2.75, 3.05) is 0 Å². The smallest absolute Gasteiger partial charge is 0.142 e. The molecule has 0 spiro atoms. The summed E-state index contributed by atoms with van der Waals surface area (Å²) < 4.78 is 13.2. The molecule has 0 bridgehead atoms. The molecule has 0 fully saturated rings. The fraction of sp³-hybridized carbons (Fsp3) is 0.571. The van der Waals surface area contributed by atoms with Gasteiger partial charge in [-0.05, 0) is 29.9 Å². The van der Waals surface area contributed by atoms with Crippen molar-refractivity contribution in [1.82, 2.24) is 0 Å². The molecule has 1 aromatic rings. The summed E-state index contributed by atoms with van der Waals surface area (Å²) in [5.41, 5.74) is 0.676. The minimum Gasteiger partial charge on any atom is -0.393 e. The van der Waals surface area contributed by atoms with Crippen LogP contribution >= 0.6 is 11.6 Å². The Kier molecular flexibility index (Phi) is 5.41. The molecule has 0 heterocycles. The van der Waals surface area contributed by atoms with Crippen LogP contribution in [0.5, 0.6) is 0 Å². The minimum absolute atomic E-state index is 0.128. The molecule has 96 valence electrons. The Bertz CT molecular complexity index is 365. The maximum Gasteiger partial charge on any atom is 0.142 e. The molecule has 0 aliphatic rings. The van der Waals surface area contributed by atoms with E-state index in [0.29, 0.717) is 17.9 Å². The largest absolute Gasteiger partial charge is 0.393 e. The van der Waals surface area contributed by atoms with Crippen LogP contribution in [0.15, 0.2) is 18.2 Å². The van der Waals surface area contributed by atoms with Gasteiger partial charge in [0, 0.05) is 6.42 Å². The number of hydrogen-bond acceptors (Lipinski definition) is 1. The van der Waals surface area contributed by atoms with Gasteiger partial charge in [-0.2, -0.15) is 0 Å². The number of hydrogen-bond donors (Lipinski definition) is 1. The van der Waals surface area contributed by atoms with Gasteiger partial charge in [0.2, 0.25) is 0 Å². The highest BCUT2D eigenvalue weighted by molar-refractivity contribution is 6.31. The Hall–Kier alpha value is -0.600. The lowest BCUT2D eigenvalue weighted by Gasteiger charge is -2.21. The maximum absolute atomic E-state index is 13.2. The van der Waals surface area contributed by atoms with E-state index in [9.17, 15) is 9.50 Å². The fourth-order valence-electron chi connectivity index (χ4n) is 2.03. The molecular formula is C14H20ClFO. The molecule has 0 radical (unpaired) electrons. The van der Waals surface area contributed by atoms with Crippen molar-refractivity contribution in [2.45, 2.75) is 39.7 Å². The van der Waals surface area contributed by atoms with Crippen LogP contribution in [0.4, 0.5) is 4.39 Å². The number of aliphatic hydroxyl groups is 1. The summed E-state index contributed by atoms with van der Waals surface area (Å²) in [4.78, 5) is 0. The molecule has 1 nitrogen and oxygen atoms in total. The van der Waals surface area contributed by atoms with Gasteiger partial charge >= 0.3 is 0 Å². The second-order valence-electron chi connectivity index (χ2n) is 5.09. The summed E-state index contributed by atoms with van der Waals surface area (Å²) >= 11 is 5.86. The zero-order valence-corrected chi connectivity index (χ0v) is 11.3. The molecule has 1 rings (SSSR count). The van der Waals surface area contributed by atoms with Gasteiger partial charge in [0.05, 0.1) is 11.1 Å². The van der Waals surface area contributed by atoms with Gasteiger partial charge in [0.15, 0.2) is 0 Å². The van der Waals surface area contributed by atoms with Gasteiger partial charge in [0.1, 0.15) is 5.82 Å². The van der Waals surface area contributed by atoms with Crippen molar-refractivity contribution in [3.8, 4) is 0 Å². The highest BCUT2D eigenvalue weighted by Gasteiger charge is 2.18. The third-order valence-corrected chi connectivity index (χ3v) is 3.38. The normalized spacial score (nSPS) is 15.0.